The van der Waals surface area contributed by atoms with Gasteiger partial charge in [0.1, 0.15) is 0 Å². The van der Waals surface area contributed by atoms with Gasteiger partial charge in [-0.15, -0.1) is 11.3 Å². The molecule has 0 unspecified atom stereocenters. The monoisotopic (exact) mass is 182 g/mol. The Morgan fingerprint density at radius 2 is 2.50 bits per heavy atom. The second-order valence-corrected chi connectivity index (χ2v) is 3.86. The fraction of sp³-hybridized carbons (Fsp3) is 0.571. The van der Waals surface area contributed by atoms with Crippen LogP contribution in [0.2, 0.25) is 0 Å². The van der Waals surface area contributed by atoms with Crippen LogP contribution >= 0.6 is 11.3 Å². The summed E-state index contributed by atoms with van der Waals surface area (Å²) in [6.07, 6.45) is 1.77. The molecule has 0 aliphatic rings. The Morgan fingerprint density at radius 1 is 1.75 bits per heavy atom. The molecule has 0 fully saturated rings. The van der Waals surface area contributed by atoms with E-state index in [2.05, 4.69) is 28.9 Å². The van der Waals surface area contributed by atoms with Crippen LogP contribution in [0.25, 0.3) is 10.4 Å². The molecule has 0 aromatic carbocycles. The van der Waals surface area contributed by atoms with Crippen LogP contribution in [0.3, 0.4) is 0 Å². The Hall–Kier alpha value is -1.06. The van der Waals surface area contributed by atoms with Crippen molar-refractivity contribution in [3.05, 3.63) is 26.5 Å². The molecule has 0 aliphatic heterocycles. The van der Waals surface area contributed by atoms with Crippen molar-refractivity contribution in [3.8, 4) is 0 Å². The van der Waals surface area contributed by atoms with Crippen molar-refractivity contribution in [2.24, 2.45) is 5.11 Å². The second-order valence-electron chi connectivity index (χ2n) is 2.71. The standard InChI is InChI=1S/C7H10N4S/c1-5(2)7-9-3-6(12-7)4-10-11-8/h3,5H,4H2,1-2H3. The third-order valence-corrected chi connectivity index (χ3v) is 2.64. The van der Waals surface area contributed by atoms with E-state index in [9.17, 15) is 0 Å². The predicted molar refractivity (Wildman–Crippen MR) is 49.1 cm³/mol. The minimum absolute atomic E-state index is 0.418. The van der Waals surface area contributed by atoms with Crippen molar-refractivity contribution in [2.45, 2.75) is 26.3 Å². The molecule has 0 atom stereocenters. The van der Waals surface area contributed by atoms with Crippen molar-refractivity contribution in [1.82, 2.24) is 4.98 Å². The summed E-state index contributed by atoms with van der Waals surface area (Å²) in [5, 5.41) is 4.56. The molecule has 4 nitrogen and oxygen atoms in total. The highest BCUT2D eigenvalue weighted by atomic mass is 32.1. The molecule has 0 bridgehead atoms. The van der Waals surface area contributed by atoms with Gasteiger partial charge in [0.25, 0.3) is 0 Å². The SMILES string of the molecule is CC(C)c1ncc(CN=[N+]=[N-])s1. The van der Waals surface area contributed by atoms with Crippen LogP contribution in [0.4, 0.5) is 0 Å². The zero-order valence-electron chi connectivity index (χ0n) is 7.06. The van der Waals surface area contributed by atoms with E-state index in [4.69, 9.17) is 5.53 Å². The number of rotatable bonds is 3. The molecule has 64 valence electrons. The predicted octanol–water partition coefficient (Wildman–Crippen LogP) is 3.08. The lowest BCUT2D eigenvalue weighted by molar-refractivity contribution is 0.852. The molecule has 1 heterocycles. The highest BCUT2D eigenvalue weighted by Crippen LogP contribution is 2.21. The number of azide groups is 1. The summed E-state index contributed by atoms with van der Waals surface area (Å²) < 4.78 is 0. The lowest BCUT2D eigenvalue weighted by Gasteiger charge is -1.94. The molecule has 0 radical (unpaired) electrons. The summed E-state index contributed by atoms with van der Waals surface area (Å²) in [5.74, 6) is 0.454. The number of hydrogen-bond donors (Lipinski definition) is 0. The Balaban J connectivity index is 2.70. The van der Waals surface area contributed by atoms with Crippen LogP contribution in [-0.2, 0) is 6.54 Å². The third-order valence-electron chi connectivity index (χ3n) is 1.36. The first kappa shape index (κ1) is 9.03. The highest BCUT2D eigenvalue weighted by Gasteiger charge is 2.04. The minimum atomic E-state index is 0.418. The van der Waals surface area contributed by atoms with Gasteiger partial charge in [0.15, 0.2) is 0 Å². The van der Waals surface area contributed by atoms with E-state index in [0.717, 1.165) is 9.88 Å². The summed E-state index contributed by atoms with van der Waals surface area (Å²) in [7, 11) is 0. The molecule has 1 rings (SSSR count). The molecule has 0 aliphatic carbocycles. The van der Waals surface area contributed by atoms with Gasteiger partial charge in [0, 0.05) is 21.9 Å². The van der Waals surface area contributed by atoms with E-state index >= 15 is 0 Å². The number of nitrogens with zero attached hydrogens (tertiary/aromatic N) is 4. The van der Waals surface area contributed by atoms with Gasteiger partial charge in [-0.05, 0) is 5.53 Å². The summed E-state index contributed by atoms with van der Waals surface area (Å²) in [4.78, 5) is 7.92. The van der Waals surface area contributed by atoms with Crippen LogP contribution in [0.5, 0.6) is 0 Å². The molecule has 0 N–H and O–H groups in total. The number of aromatic nitrogens is 1. The Bertz CT molecular complexity index is 298. The summed E-state index contributed by atoms with van der Waals surface area (Å²) in [5.41, 5.74) is 8.09. The van der Waals surface area contributed by atoms with Crippen LogP contribution in [0.15, 0.2) is 11.3 Å². The van der Waals surface area contributed by atoms with Crippen LogP contribution in [0, 0.1) is 0 Å². The van der Waals surface area contributed by atoms with E-state index in [-0.39, 0.29) is 0 Å². The van der Waals surface area contributed by atoms with Gasteiger partial charge >= 0.3 is 0 Å². The van der Waals surface area contributed by atoms with Crippen molar-refractivity contribution < 1.29 is 0 Å². The van der Waals surface area contributed by atoms with Gasteiger partial charge in [-0.3, -0.25) is 0 Å². The first-order chi connectivity index (χ1) is 5.74. The zero-order valence-corrected chi connectivity index (χ0v) is 7.88. The number of thiazole rings is 1. The first-order valence-corrected chi connectivity index (χ1v) is 4.51. The largest absolute Gasteiger partial charge is 0.249 e. The minimum Gasteiger partial charge on any atom is -0.249 e. The lowest BCUT2D eigenvalue weighted by Crippen LogP contribution is -1.81. The molecular weight excluding hydrogens is 172 g/mol. The van der Waals surface area contributed by atoms with E-state index in [1.54, 1.807) is 17.5 Å². The van der Waals surface area contributed by atoms with E-state index < -0.39 is 0 Å². The Morgan fingerprint density at radius 3 is 3.00 bits per heavy atom. The molecule has 12 heavy (non-hydrogen) atoms. The topological polar surface area (TPSA) is 61.7 Å². The van der Waals surface area contributed by atoms with E-state index in [0.29, 0.717) is 12.5 Å². The molecule has 0 saturated heterocycles. The quantitative estimate of drug-likeness (QED) is 0.402. The van der Waals surface area contributed by atoms with Gasteiger partial charge in [-0.25, -0.2) is 4.98 Å². The summed E-state index contributed by atoms with van der Waals surface area (Å²) in [6.45, 7) is 4.60. The van der Waals surface area contributed by atoms with Gasteiger partial charge in [0.2, 0.25) is 0 Å². The summed E-state index contributed by atoms with van der Waals surface area (Å²) in [6, 6.07) is 0. The lowest BCUT2D eigenvalue weighted by atomic mass is 10.2. The van der Waals surface area contributed by atoms with Crippen LogP contribution < -0.4 is 0 Å². The molecule has 1 aromatic heterocycles. The normalized spacial score (nSPS) is 9.92. The maximum Gasteiger partial charge on any atom is 0.0953 e. The molecule has 0 amide bonds. The van der Waals surface area contributed by atoms with Crippen molar-refractivity contribution >= 4 is 11.3 Å². The fourth-order valence-electron chi connectivity index (χ4n) is 0.764. The van der Waals surface area contributed by atoms with E-state index in [1.807, 2.05) is 0 Å². The van der Waals surface area contributed by atoms with Gasteiger partial charge < -0.3 is 0 Å². The van der Waals surface area contributed by atoms with Gasteiger partial charge in [-0.2, -0.15) is 0 Å². The number of hydrogen-bond acceptors (Lipinski definition) is 3. The molecular formula is C7H10N4S. The smallest absolute Gasteiger partial charge is 0.0953 e. The third kappa shape index (κ3) is 2.22. The zero-order chi connectivity index (χ0) is 8.97. The van der Waals surface area contributed by atoms with Crippen molar-refractivity contribution in [3.63, 3.8) is 0 Å². The average molecular weight is 182 g/mol. The maximum absolute atomic E-state index is 8.09. The fourth-order valence-corrected chi connectivity index (χ4v) is 1.60. The summed E-state index contributed by atoms with van der Waals surface area (Å²) >= 11 is 1.60. The second kappa shape index (κ2) is 4.09. The Kier molecular flexibility index (Phi) is 3.08. The van der Waals surface area contributed by atoms with Crippen molar-refractivity contribution in [1.29, 1.82) is 0 Å². The highest BCUT2D eigenvalue weighted by molar-refractivity contribution is 7.11. The van der Waals surface area contributed by atoms with E-state index in [1.165, 1.54) is 0 Å². The molecule has 5 heteroatoms. The van der Waals surface area contributed by atoms with Crippen LogP contribution in [-0.4, -0.2) is 4.98 Å². The van der Waals surface area contributed by atoms with Crippen LogP contribution in [0.1, 0.15) is 29.7 Å². The van der Waals surface area contributed by atoms with Gasteiger partial charge in [-0.1, -0.05) is 19.0 Å². The molecule has 0 saturated carbocycles. The Labute approximate surface area is 74.9 Å². The average Bonchev–Trinajstić information content (AvgIpc) is 2.48. The maximum atomic E-state index is 8.09. The molecule has 0 spiro atoms. The molecule has 1 aromatic rings. The van der Waals surface area contributed by atoms with Crippen molar-refractivity contribution in [2.75, 3.05) is 0 Å². The van der Waals surface area contributed by atoms with Gasteiger partial charge in [0.05, 0.1) is 11.6 Å². The first-order valence-electron chi connectivity index (χ1n) is 3.69.